The maximum Gasteiger partial charge on any atom is 0.0602 e. The normalized spacial score (nSPS) is 12.8. The molecule has 2 N–H and O–H groups in total. The Morgan fingerprint density at radius 3 is 2.44 bits per heavy atom. The third kappa shape index (κ3) is 4.31. The van der Waals surface area contributed by atoms with Gasteiger partial charge in [-0.1, -0.05) is 31.5 Å². The van der Waals surface area contributed by atoms with Crippen LogP contribution >= 0.6 is 0 Å². The second-order valence-corrected chi connectivity index (χ2v) is 5.37. The number of nitrogens with zero attached hydrogens (tertiary/aromatic N) is 1. The Kier molecular flexibility index (Phi) is 5.63. The summed E-state index contributed by atoms with van der Waals surface area (Å²) < 4.78 is 0. The molecule has 0 fully saturated rings. The molecule has 3 heteroatoms. The van der Waals surface area contributed by atoms with Gasteiger partial charge in [0.15, 0.2) is 0 Å². The van der Waals surface area contributed by atoms with E-state index < -0.39 is 0 Å². The van der Waals surface area contributed by atoms with Gasteiger partial charge in [0.25, 0.3) is 0 Å². The maximum absolute atomic E-state index is 9.39. The van der Waals surface area contributed by atoms with Gasteiger partial charge in [0.2, 0.25) is 0 Å². The number of rotatable bonds is 6. The van der Waals surface area contributed by atoms with Crippen LogP contribution in [0.3, 0.4) is 0 Å². The summed E-state index contributed by atoms with van der Waals surface area (Å²) in [5.74, 6) is 0. The first-order valence-corrected chi connectivity index (χ1v) is 6.59. The highest BCUT2D eigenvalue weighted by molar-refractivity contribution is 5.53. The average Bonchev–Trinajstić information content (AvgIpc) is 2.27. The molecule has 102 valence electrons. The van der Waals surface area contributed by atoms with Crippen LogP contribution in [0.1, 0.15) is 25.0 Å². The molecule has 0 aliphatic carbocycles. The lowest BCUT2D eigenvalue weighted by atomic mass is 10.1. The van der Waals surface area contributed by atoms with E-state index in [1.807, 2.05) is 0 Å². The first-order chi connectivity index (χ1) is 8.43. The lowest BCUT2D eigenvalue weighted by molar-refractivity contribution is 0.237. The van der Waals surface area contributed by atoms with Gasteiger partial charge in [-0.3, -0.25) is 0 Å². The summed E-state index contributed by atoms with van der Waals surface area (Å²) in [5, 5.41) is 12.8. The molecule has 0 saturated carbocycles. The van der Waals surface area contributed by atoms with Crippen LogP contribution < -0.4 is 10.2 Å². The average molecular weight is 250 g/mol. The number of hydrogen-bond acceptors (Lipinski definition) is 3. The number of likely N-dealkylation sites (N-methyl/N-ethyl adjacent to an activating group) is 1. The van der Waals surface area contributed by atoms with Crippen molar-refractivity contribution in [3.05, 3.63) is 29.3 Å². The third-order valence-corrected chi connectivity index (χ3v) is 3.05. The van der Waals surface area contributed by atoms with Gasteiger partial charge < -0.3 is 15.3 Å². The van der Waals surface area contributed by atoms with Crippen LogP contribution in [0.5, 0.6) is 0 Å². The Balaban J connectivity index is 2.71. The van der Waals surface area contributed by atoms with Gasteiger partial charge in [0.1, 0.15) is 0 Å². The van der Waals surface area contributed by atoms with E-state index in [9.17, 15) is 5.11 Å². The number of hydrogen-bond donors (Lipinski definition) is 2. The SMILES string of the molecule is Cc1ccc(N(C)CC(CO)NC(C)C)c(C)c1. The second-order valence-electron chi connectivity index (χ2n) is 5.37. The predicted molar refractivity (Wildman–Crippen MR) is 78.3 cm³/mol. The van der Waals surface area contributed by atoms with Crippen LogP contribution in [-0.2, 0) is 0 Å². The van der Waals surface area contributed by atoms with E-state index in [0.717, 1.165) is 6.54 Å². The molecule has 1 aromatic rings. The highest BCUT2D eigenvalue weighted by atomic mass is 16.3. The second kappa shape index (κ2) is 6.76. The van der Waals surface area contributed by atoms with Crippen molar-refractivity contribution in [2.75, 3.05) is 25.1 Å². The molecule has 1 rings (SSSR count). The van der Waals surface area contributed by atoms with Crippen molar-refractivity contribution in [2.24, 2.45) is 0 Å². The minimum Gasteiger partial charge on any atom is -0.395 e. The summed E-state index contributed by atoms with van der Waals surface area (Å²) in [7, 11) is 2.07. The van der Waals surface area contributed by atoms with E-state index in [1.165, 1.54) is 16.8 Å². The minimum absolute atomic E-state index is 0.107. The molecular formula is C15H26N2O. The molecule has 0 aliphatic rings. The number of aliphatic hydroxyl groups excluding tert-OH is 1. The highest BCUT2D eigenvalue weighted by Crippen LogP contribution is 2.19. The van der Waals surface area contributed by atoms with Gasteiger partial charge in [0, 0.05) is 31.4 Å². The zero-order valence-corrected chi connectivity index (χ0v) is 12.2. The molecule has 0 aliphatic heterocycles. The van der Waals surface area contributed by atoms with Crippen molar-refractivity contribution in [2.45, 2.75) is 39.8 Å². The van der Waals surface area contributed by atoms with Crippen molar-refractivity contribution in [3.8, 4) is 0 Å². The first kappa shape index (κ1) is 15.0. The van der Waals surface area contributed by atoms with Crippen LogP contribution in [0.4, 0.5) is 5.69 Å². The Bertz CT molecular complexity index is 377. The number of nitrogens with one attached hydrogen (secondary N) is 1. The number of benzene rings is 1. The van der Waals surface area contributed by atoms with Gasteiger partial charge >= 0.3 is 0 Å². The largest absolute Gasteiger partial charge is 0.395 e. The Labute approximate surface area is 111 Å². The van der Waals surface area contributed by atoms with Crippen molar-refractivity contribution in [1.82, 2.24) is 5.32 Å². The fourth-order valence-corrected chi connectivity index (χ4v) is 2.30. The summed E-state index contributed by atoms with van der Waals surface area (Å²) in [5.41, 5.74) is 3.78. The topological polar surface area (TPSA) is 35.5 Å². The van der Waals surface area contributed by atoms with E-state index in [4.69, 9.17) is 0 Å². The standard InChI is InChI=1S/C15H26N2O/c1-11(2)16-14(10-18)9-17(5)15-7-6-12(3)8-13(15)4/h6-8,11,14,16,18H,9-10H2,1-5H3. The van der Waals surface area contributed by atoms with Crippen LogP contribution in [0, 0.1) is 13.8 Å². The molecule has 1 unspecified atom stereocenters. The Morgan fingerprint density at radius 1 is 1.28 bits per heavy atom. The summed E-state index contributed by atoms with van der Waals surface area (Å²) in [6, 6.07) is 6.96. The van der Waals surface area contributed by atoms with Gasteiger partial charge in [-0.15, -0.1) is 0 Å². The lowest BCUT2D eigenvalue weighted by Crippen LogP contribution is -2.45. The Hall–Kier alpha value is -1.06. The lowest BCUT2D eigenvalue weighted by Gasteiger charge is -2.28. The predicted octanol–water partition coefficient (Wildman–Crippen LogP) is 2.10. The van der Waals surface area contributed by atoms with Crippen molar-refractivity contribution >= 4 is 5.69 Å². The van der Waals surface area contributed by atoms with Gasteiger partial charge in [-0.2, -0.15) is 0 Å². The van der Waals surface area contributed by atoms with Gasteiger partial charge in [-0.25, -0.2) is 0 Å². The molecular weight excluding hydrogens is 224 g/mol. The summed E-state index contributed by atoms with van der Waals surface area (Å²) in [6.07, 6.45) is 0. The molecule has 0 heterocycles. The minimum atomic E-state index is 0.107. The zero-order chi connectivity index (χ0) is 13.7. The van der Waals surface area contributed by atoms with Crippen LogP contribution in [0.15, 0.2) is 18.2 Å². The summed E-state index contributed by atoms with van der Waals surface area (Å²) in [6.45, 7) is 9.39. The molecule has 0 bridgehead atoms. The molecule has 0 saturated heterocycles. The first-order valence-electron chi connectivity index (χ1n) is 6.59. The molecule has 1 atom stereocenters. The number of anilines is 1. The number of aryl methyl sites for hydroxylation is 2. The fraction of sp³-hybridized carbons (Fsp3) is 0.600. The molecule has 3 nitrogen and oxygen atoms in total. The fourth-order valence-electron chi connectivity index (χ4n) is 2.30. The maximum atomic E-state index is 9.39. The third-order valence-electron chi connectivity index (χ3n) is 3.05. The van der Waals surface area contributed by atoms with Crippen LogP contribution in [-0.4, -0.2) is 37.4 Å². The molecule has 0 aromatic heterocycles. The zero-order valence-electron chi connectivity index (χ0n) is 12.2. The van der Waals surface area contributed by atoms with Gasteiger partial charge in [0.05, 0.1) is 6.61 Å². The molecule has 0 spiro atoms. The van der Waals surface area contributed by atoms with E-state index in [2.05, 4.69) is 63.2 Å². The van der Waals surface area contributed by atoms with E-state index in [0.29, 0.717) is 6.04 Å². The van der Waals surface area contributed by atoms with Gasteiger partial charge in [-0.05, 0) is 25.5 Å². The van der Waals surface area contributed by atoms with Crippen LogP contribution in [0.25, 0.3) is 0 Å². The molecule has 0 radical (unpaired) electrons. The highest BCUT2D eigenvalue weighted by Gasteiger charge is 2.13. The van der Waals surface area contributed by atoms with E-state index in [1.54, 1.807) is 0 Å². The van der Waals surface area contributed by atoms with Crippen molar-refractivity contribution < 1.29 is 5.11 Å². The monoisotopic (exact) mass is 250 g/mol. The van der Waals surface area contributed by atoms with Crippen molar-refractivity contribution in [1.29, 1.82) is 0 Å². The quantitative estimate of drug-likeness (QED) is 0.811. The smallest absolute Gasteiger partial charge is 0.0602 e. The summed E-state index contributed by atoms with van der Waals surface area (Å²) >= 11 is 0. The number of aliphatic hydroxyl groups is 1. The molecule has 0 amide bonds. The van der Waals surface area contributed by atoms with E-state index >= 15 is 0 Å². The summed E-state index contributed by atoms with van der Waals surface area (Å²) in [4.78, 5) is 2.20. The molecule has 18 heavy (non-hydrogen) atoms. The molecule has 1 aromatic carbocycles. The Morgan fingerprint density at radius 2 is 1.94 bits per heavy atom. The van der Waals surface area contributed by atoms with Crippen LogP contribution in [0.2, 0.25) is 0 Å². The van der Waals surface area contributed by atoms with E-state index in [-0.39, 0.29) is 12.6 Å². The van der Waals surface area contributed by atoms with Crippen molar-refractivity contribution in [3.63, 3.8) is 0 Å².